The summed E-state index contributed by atoms with van der Waals surface area (Å²) in [4.78, 5) is 7.97. The number of anilines is 1. The molecule has 0 fully saturated rings. The second-order valence-corrected chi connectivity index (χ2v) is 6.41. The Kier molecular flexibility index (Phi) is 7.61. The molecule has 1 atom stereocenters. The Hall–Kier alpha value is -1.91. The van der Waals surface area contributed by atoms with Crippen LogP contribution in [0.15, 0.2) is 41.4 Å². The molecule has 0 saturated carbocycles. The number of aliphatic hydroxyl groups excluding tert-OH is 1. The van der Waals surface area contributed by atoms with Crippen LogP contribution in [0, 0.1) is 5.82 Å². The van der Waals surface area contributed by atoms with E-state index in [0.29, 0.717) is 25.4 Å². The first-order valence-electron chi connectivity index (χ1n) is 7.76. The zero-order valence-corrected chi connectivity index (χ0v) is 14.4. The Balaban J connectivity index is 1.62. The molecule has 1 aromatic carbocycles. The van der Waals surface area contributed by atoms with Crippen molar-refractivity contribution in [3.8, 4) is 0 Å². The van der Waals surface area contributed by atoms with Crippen LogP contribution in [0.2, 0.25) is 0 Å². The van der Waals surface area contributed by atoms with Gasteiger partial charge in [0, 0.05) is 36.5 Å². The predicted octanol–water partition coefficient (Wildman–Crippen LogP) is 2.79. The third-order valence-corrected chi connectivity index (χ3v) is 4.32. The lowest BCUT2D eigenvalue weighted by Gasteiger charge is -2.12. The third-order valence-electron chi connectivity index (χ3n) is 3.17. The van der Waals surface area contributed by atoms with Crippen LogP contribution < -0.4 is 10.6 Å². The van der Waals surface area contributed by atoms with E-state index in [1.165, 1.54) is 23.9 Å². The van der Waals surface area contributed by atoms with E-state index >= 15 is 0 Å². The van der Waals surface area contributed by atoms with Crippen LogP contribution in [0.4, 0.5) is 23.5 Å². The zero-order chi connectivity index (χ0) is 19.0. The lowest BCUT2D eigenvalue weighted by molar-refractivity contribution is -0.141. The number of hydrogen-bond acceptors (Lipinski definition) is 6. The summed E-state index contributed by atoms with van der Waals surface area (Å²) in [6.07, 6.45) is -4.08. The van der Waals surface area contributed by atoms with Gasteiger partial charge < -0.3 is 15.7 Å². The normalized spacial score (nSPS) is 12.8. The number of hydrogen-bond donors (Lipinski definition) is 3. The van der Waals surface area contributed by atoms with Crippen molar-refractivity contribution < 1.29 is 22.7 Å². The SMILES string of the molecule is OC(CNCCNc1nccc(C(F)(F)F)n1)CSc1ccc(F)cc1. The van der Waals surface area contributed by atoms with Crippen LogP contribution in [0.3, 0.4) is 0 Å². The van der Waals surface area contributed by atoms with E-state index in [2.05, 4.69) is 20.6 Å². The van der Waals surface area contributed by atoms with Gasteiger partial charge in [0.2, 0.25) is 5.95 Å². The van der Waals surface area contributed by atoms with Crippen LogP contribution in [-0.4, -0.2) is 46.6 Å². The molecule has 5 nitrogen and oxygen atoms in total. The van der Waals surface area contributed by atoms with Crippen LogP contribution in [0.5, 0.6) is 0 Å². The molecule has 0 aliphatic heterocycles. The molecule has 2 rings (SSSR count). The first kappa shape index (κ1) is 20.4. The summed E-state index contributed by atoms with van der Waals surface area (Å²) in [5, 5.41) is 15.5. The third kappa shape index (κ3) is 7.14. The number of nitrogens with one attached hydrogen (secondary N) is 2. The van der Waals surface area contributed by atoms with Gasteiger partial charge >= 0.3 is 6.18 Å². The van der Waals surface area contributed by atoms with Crippen molar-refractivity contribution in [2.75, 3.05) is 30.7 Å². The fourth-order valence-electron chi connectivity index (χ4n) is 1.92. The van der Waals surface area contributed by atoms with Gasteiger partial charge in [-0.1, -0.05) is 0 Å². The molecule has 0 amide bonds. The minimum absolute atomic E-state index is 0.103. The minimum Gasteiger partial charge on any atom is -0.391 e. The Bertz CT molecular complexity index is 685. The number of rotatable bonds is 9. The largest absolute Gasteiger partial charge is 0.433 e. The molecule has 3 N–H and O–H groups in total. The molecule has 1 aromatic heterocycles. The monoisotopic (exact) mass is 390 g/mol. The van der Waals surface area contributed by atoms with Crippen molar-refractivity contribution in [1.82, 2.24) is 15.3 Å². The molecule has 10 heteroatoms. The predicted molar refractivity (Wildman–Crippen MR) is 91.5 cm³/mol. The molecule has 0 aliphatic rings. The second-order valence-electron chi connectivity index (χ2n) is 5.31. The van der Waals surface area contributed by atoms with Crippen LogP contribution in [-0.2, 0) is 6.18 Å². The van der Waals surface area contributed by atoms with Gasteiger partial charge in [0.15, 0.2) is 0 Å². The first-order chi connectivity index (χ1) is 12.3. The summed E-state index contributed by atoms with van der Waals surface area (Å²) in [6.45, 7) is 1.04. The van der Waals surface area contributed by atoms with E-state index in [9.17, 15) is 22.7 Å². The van der Waals surface area contributed by atoms with Crippen molar-refractivity contribution in [3.63, 3.8) is 0 Å². The van der Waals surface area contributed by atoms with Gasteiger partial charge in [-0.2, -0.15) is 13.2 Å². The molecule has 2 aromatic rings. The van der Waals surface area contributed by atoms with Crippen LogP contribution in [0.1, 0.15) is 5.69 Å². The molecule has 0 aliphatic carbocycles. The van der Waals surface area contributed by atoms with Crippen molar-refractivity contribution >= 4 is 17.7 Å². The molecule has 0 spiro atoms. The highest BCUT2D eigenvalue weighted by atomic mass is 32.2. The number of aromatic nitrogens is 2. The molecule has 1 unspecified atom stereocenters. The molecule has 0 radical (unpaired) electrons. The highest BCUT2D eigenvalue weighted by Gasteiger charge is 2.32. The van der Waals surface area contributed by atoms with Crippen LogP contribution in [0.25, 0.3) is 0 Å². The fraction of sp³-hybridized carbons (Fsp3) is 0.375. The van der Waals surface area contributed by atoms with Gasteiger partial charge in [-0.25, -0.2) is 14.4 Å². The fourth-order valence-corrected chi connectivity index (χ4v) is 2.75. The van der Waals surface area contributed by atoms with E-state index in [1.807, 2.05) is 0 Å². The van der Waals surface area contributed by atoms with Crippen molar-refractivity contribution in [1.29, 1.82) is 0 Å². The van der Waals surface area contributed by atoms with E-state index < -0.39 is 18.0 Å². The van der Waals surface area contributed by atoms with Crippen molar-refractivity contribution in [2.45, 2.75) is 17.2 Å². The Morgan fingerprint density at radius 3 is 2.54 bits per heavy atom. The number of alkyl halides is 3. The van der Waals surface area contributed by atoms with Gasteiger partial charge in [0.05, 0.1) is 6.10 Å². The maximum atomic E-state index is 12.8. The van der Waals surface area contributed by atoms with Gasteiger partial charge in [0.25, 0.3) is 0 Å². The summed E-state index contributed by atoms with van der Waals surface area (Å²) in [7, 11) is 0. The van der Waals surface area contributed by atoms with Crippen molar-refractivity contribution in [3.05, 3.63) is 48.0 Å². The molecular formula is C16H18F4N4OS. The average molecular weight is 390 g/mol. The quantitative estimate of drug-likeness (QED) is 0.348. The smallest absolute Gasteiger partial charge is 0.391 e. The maximum absolute atomic E-state index is 12.8. The van der Waals surface area contributed by atoms with E-state index in [0.717, 1.165) is 17.2 Å². The van der Waals surface area contributed by atoms with E-state index in [-0.39, 0.29) is 11.8 Å². The van der Waals surface area contributed by atoms with Gasteiger partial charge in [-0.3, -0.25) is 0 Å². The number of benzene rings is 1. The second kappa shape index (κ2) is 9.70. The lowest BCUT2D eigenvalue weighted by atomic mass is 10.3. The van der Waals surface area contributed by atoms with Gasteiger partial charge in [0.1, 0.15) is 11.5 Å². The molecule has 0 bridgehead atoms. The Morgan fingerprint density at radius 1 is 1.12 bits per heavy atom. The topological polar surface area (TPSA) is 70.1 Å². The highest BCUT2D eigenvalue weighted by Crippen LogP contribution is 2.27. The Morgan fingerprint density at radius 2 is 1.85 bits per heavy atom. The number of aliphatic hydroxyl groups is 1. The maximum Gasteiger partial charge on any atom is 0.433 e. The highest BCUT2D eigenvalue weighted by molar-refractivity contribution is 7.99. The molecule has 0 saturated heterocycles. The molecule has 26 heavy (non-hydrogen) atoms. The summed E-state index contributed by atoms with van der Waals surface area (Å²) in [6, 6.07) is 6.79. The average Bonchev–Trinajstić information content (AvgIpc) is 2.60. The molecule has 1 heterocycles. The summed E-state index contributed by atoms with van der Waals surface area (Å²) >= 11 is 1.40. The summed E-state index contributed by atoms with van der Waals surface area (Å²) < 4.78 is 50.4. The Labute approximate surface area is 152 Å². The van der Waals surface area contributed by atoms with E-state index in [1.54, 1.807) is 12.1 Å². The summed E-state index contributed by atoms with van der Waals surface area (Å²) in [5.41, 5.74) is -1.00. The number of thioether (sulfide) groups is 1. The number of nitrogens with zero attached hydrogens (tertiary/aromatic N) is 2. The zero-order valence-electron chi connectivity index (χ0n) is 13.6. The molecular weight excluding hydrogens is 372 g/mol. The minimum atomic E-state index is -4.51. The standard InChI is InChI=1S/C16H18F4N4OS/c17-11-1-3-13(4-2-11)26-10-12(25)9-21-7-8-23-15-22-6-5-14(24-15)16(18,19)20/h1-6,12,21,25H,7-10H2,(H,22,23,24). The first-order valence-corrected chi connectivity index (χ1v) is 8.74. The molecule has 142 valence electrons. The number of halogens is 4. The van der Waals surface area contributed by atoms with Crippen molar-refractivity contribution in [2.24, 2.45) is 0 Å². The van der Waals surface area contributed by atoms with E-state index in [4.69, 9.17) is 0 Å². The van der Waals surface area contributed by atoms with Gasteiger partial charge in [-0.05, 0) is 30.3 Å². The van der Waals surface area contributed by atoms with Crippen LogP contribution >= 0.6 is 11.8 Å². The lowest BCUT2D eigenvalue weighted by Crippen LogP contribution is -2.32. The summed E-state index contributed by atoms with van der Waals surface area (Å²) in [5.74, 6) is 0.0193. The van der Waals surface area contributed by atoms with Gasteiger partial charge in [-0.15, -0.1) is 11.8 Å².